The number of hydrogen-bond acceptors (Lipinski definition) is 3. The lowest BCUT2D eigenvalue weighted by Gasteiger charge is -2.11. The molecule has 0 saturated carbocycles. The highest BCUT2D eigenvalue weighted by Gasteiger charge is 2.03. The topological polar surface area (TPSA) is 70.6 Å². The summed E-state index contributed by atoms with van der Waals surface area (Å²) in [4.78, 5) is 0. The summed E-state index contributed by atoms with van der Waals surface area (Å²) in [7, 11) is 0. The van der Waals surface area contributed by atoms with Gasteiger partial charge in [0.15, 0.2) is 0 Å². The zero-order valence-corrected chi connectivity index (χ0v) is 10.6. The Kier molecular flexibility index (Phi) is 4.39. The van der Waals surface area contributed by atoms with Gasteiger partial charge in [-0.25, -0.2) is 0 Å². The largest absolute Gasteiger partial charge is 0.409 e. The van der Waals surface area contributed by atoms with Crippen LogP contribution in [0, 0.1) is 0 Å². The molecule has 0 saturated heterocycles. The fraction of sp³-hybridized carbons (Fsp3) is 0.133. The molecule has 2 aromatic carbocycles. The minimum atomic E-state index is 0.227. The maximum absolute atomic E-state index is 8.50. The van der Waals surface area contributed by atoms with Gasteiger partial charge in [0.1, 0.15) is 5.84 Å². The second-order valence-electron chi connectivity index (χ2n) is 4.18. The lowest BCUT2D eigenvalue weighted by atomic mass is 10.0. The van der Waals surface area contributed by atoms with E-state index in [1.165, 1.54) is 0 Å². The molecule has 0 bridgehead atoms. The molecule has 4 nitrogen and oxygen atoms in total. The summed E-state index contributed by atoms with van der Waals surface area (Å²) >= 11 is 0. The minimum absolute atomic E-state index is 0.227. The number of nitrogens with one attached hydrogen (secondary N) is 1. The van der Waals surface area contributed by atoms with Crippen LogP contribution in [0.3, 0.4) is 0 Å². The van der Waals surface area contributed by atoms with E-state index in [9.17, 15) is 0 Å². The zero-order valence-electron chi connectivity index (χ0n) is 10.6. The first kappa shape index (κ1) is 13.0. The first-order chi connectivity index (χ1) is 9.31. The van der Waals surface area contributed by atoms with E-state index in [1.54, 1.807) is 0 Å². The second kappa shape index (κ2) is 6.44. The highest BCUT2D eigenvalue weighted by molar-refractivity contribution is 5.81. The predicted molar refractivity (Wildman–Crippen MR) is 78.4 cm³/mol. The average Bonchev–Trinajstić information content (AvgIpc) is 2.48. The van der Waals surface area contributed by atoms with Gasteiger partial charge in [0, 0.05) is 24.2 Å². The zero-order chi connectivity index (χ0) is 13.5. The van der Waals surface area contributed by atoms with Gasteiger partial charge in [-0.3, -0.25) is 0 Å². The van der Waals surface area contributed by atoms with Crippen LogP contribution in [0.15, 0.2) is 59.8 Å². The van der Waals surface area contributed by atoms with Gasteiger partial charge in [0.05, 0.1) is 0 Å². The molecule has 4 N–H and O–H groups in total. The molecule has 0 fully saturated rings. The number of para-hydroxylation sites is 1. The van der Waals surface area contributed by atoms with Crippen LogP contribution in [-0.2, 0) is 0 Å². The smallest absolute Gasteiger partial charge is 0.140 e. The third-order valence-corrected chi connectivity index (χ3v) is 2.84. The molecule has 0 heterocycles. The van der Waals surface area contributed by atoms with Crippen LogP contribution in [0.5, 0.6) is 0 Å². The molecule has 0 atom stereocenters. The average molecular weight is 255 g/mol. The van der Waals surface area contributed by atoms with Crippen molar-refractivity contribution in [2.45, 2.75) is 6.42 Å². The molecule has 0 unspecified atom stereocenters. The van der Waals surface area contributed by atoms with Gasteiger partial charge >= 0.3 is 0 Å². The summed E-state index contributed by atoms with van der Waals surface area (Å²) < 4.78 is 0. The number of anilines is 1. The van der Waals surface area contributed by atoms with Crippen molar-refractivity contribution in [2.75, 3.05) is 11.9 Å². The first-order valence-corrected chi connectivity index (χ1v) is 6.16. The van der Waals surface area contributed by atoms with Crippen molar-refractivity contribution in [3.63, 3.8) is 0 Å². The monoisotopic (exact) mass is 255 g/mol. The van der Waals surface area contributed by atoms with Crippen molar-refractivity contribution in [3.05, 3.63) is 54.6 Å². The molecule has 0 aromatic heterocycles. The Morgan fingerprint density at radius 2 is 1.74 bits per heavy atom. The van der Waals surface area contributed by atoms with Gasteiger partial charge in [-0.15, -0.1) is 0 Å². The SMILES string of the molecule is NC(CCNc1ccccc1-c1ccccc1)=NO. The summed E-state index contributed by atoms with van der Waals surface area (Å²) in [5.41, 5.74) is 8.79. The molecule has 0 amide bonds. The van der Waals surface area contributed by atoms with Crippen molar-refractivity contribution < 1.29 is 5.21 Å². The Morgan fingerprint density at radius 1 is 1.05 bits per heavy atom. The minimum Gasteiger partial charge on any atom is -0.409 e. The maximum atomic E-state index is 8.50. The Bertz CT molecular complexity index is 552. The van der Waals surface area contributed by atoms with E-state index in [2.05, 4.69) is 28.7 Å². The van der Waals surface area contributed by atoms with E-state index in [1.807, 2.05) is 36.4 Å². The lowest BCUT2D eigenvalue weighted by Crippen LogP contribution is -2.16. The normalized spacial score (nSPS) is 11.3. The number of oxime groups is 1. The van der Waals surface area contributed by atoms with E-state index in [4.69, 9.17) is 10.9 Å². The molecule has 0 aliphatic carbocycles. The molecule has 0 aliphatic rings. The highest BCUT2D eigenvalue weighted by atomic mass is 16.4. The molecule has 2 aromatic rings. The van der Waals surface area contributed by atoms with Gasteiger partial charge < -0.3 is 16.3 Å². The molecule has 0 spiro atoms. The number of benzene rings is 2. The molecule has 0 radical (unpaired) electrons. The third kappa shape index (κ3) is 3.48. The summed E-state index contributed by atoms with van der Waals surface area (Å²) in [6.45, 7) is 0.625. The van der Waals surface area contributed by atoms with Crippen molar-refractivity contribution in [3.8, 4) is 11.1 Å². The van der Waals surface area contributed by atoms with E-state index in [-0.39, 0.29) is 5.84 Å². The number of nitrogens with zero attached hydrogens (tertiary/aromatic N) is 1. The van der Waals surface area contributed by atoms with E-state index < -0.39 is 0 Å². The number of hydrogen-bond donors (Lipinski definition) is 3. The quantitative estimate of drug-likeness (QED) is 0.333. The van der Waals surface area contributed by atoms with Crippen LogP contribution in [0.25, 0.3) is 11.1 Å². The summed E-state index contributed by atoms with van der Waals surface area (Å²) in [5.74, 6) is 0.227. The van der Waals surface area contributed by atoms with Gasteiger partial charge in [-0.05, 0) is 11.6 Å². The Hall–Kier alpha value is -2.49. The Labute approximate surface area is 112 Å². The number of nitrogens with two attached hydrogens (primary N) is 1. The Morgan fingerprint density at radius 3 is 2.47 bits per heavy atom. The van der Waals surface area contributed by atoms with E-state index in [0.717, 1.165) is 16.8 Å². The molecule has 2 rings (SSSR count). The molecule has 19 heavy (non-hydrogen) atoms. The molecule has 0 aliphatic heterocycles. The van der Waals surface area contributed by atoms with Crippen LogP contribution in [0.1, 0.15) is 6.42 Å². The van der Waals surface area contributed by atoms with E-state index >= 15 is 0 Å². The molecular weight excluding hydrogens is 238 g/mol. The maximum Gasteiger partial charge on any atom is 0.140 e. The molecule has 98 valence electrons. The van der Waals surface area contributed by atoms with Crippen molar-refractivity contribution in [1.82, 2.24) is 0 Å². The van der Waals surface area contributed by atoms with Gasteiger partial charge in [0.25, 0.3) is 0 Å². The number of amidine groups is 1. The van der Waals surface area contributed by atoms with Crippen LogP contribution in [0.4, 0.5) is 5.69 Å². The van der Waals surface area contributed by atoms with Crippen molar-refractivity contribution in [1.29, 1.82) is 0 Å². The lowest BCUT2D eigenvalue weighted by molar-refractivity contribution is 0.317. The molecular formula is C15H17N3O. The fourth-order valence-corrected chi connectivity index (χ4v) is 1.88. The predicted octanol–water partition coefficient (Wildman–Crippen LogP) is 2.90. The van der Waals surface area contributed by atoms with Crippen LogP contribution in [-0.4, -0.2) is 17.6 Å². The number of rotatable bonds is 5. The summed E-state index contributed by atoms with van der Waals surface area (Å²) in [6, 6.07) is 18.3. The second-order valence-corrected chi connectivity index (χ2v) is 4.18. The van der Waals surface area contributed by atoms with Crippen molar-refractivity contribution >= 4 is 11.5 Å². The molecule has 4 heteroatoms. The fourth-order valence-electron chi connectivity index (χ4n) is 1.88. The van der Waals surface area contributed by atoms with Gasteiger partial charge in [-0.2, -0.15) is 0 Å². The summed E-state index contributed by atoms with van der Waals surface area (Å²) in [5, 5.41) is 14.8. The van der Waals surface area contributed by atoms with Gasteiger partial charge in [-0.1, -0.05) is 53.7 Å². The standard InChI is InChI=1S/C15H17N3O/c16-15(18-19)10-11-17-14-9-5-4-8-13(14)12-6-2-1-3-7-12/h1-9,17,19H,10-11H2,(H2,16,18). The third-order valence-electron chi connectivity index (χ3n) is 2.84. The Balaban J connectivity index is 2.13. The first-order valence-electron chi connectivity index (χ1n) is 6.16. The van der Waals surface area contributed by atoms with Crippen LogP contribution >= 0.6 is 0 Å². The summed E-state index contributed by atoms with van der Waals surface area (Å²) in [6.07, 6.45) is 0.500. The van der Waals surface area contributed by atoms with E-state index in [0.29, 0.717) is 13.0 Å². The highest BCUT2D eigenvalue weighted by Crippen LogP contribution is 2.27. The van der Waals surface area contributed by atoms with Crippen LogP contribution < -0.4 is 11.1 Å². The van der Waals surface area contributed by atoms with Crippen molar-refractivity contribution in [2.24, 2.45) is 10.9 Å². The van der Waals surface area contributed by atoms with Gasteiger partial charge in [0.2, 0.25) is 0 Å². The van der Waals surface area contributed by atoms with Crippen LogP contribution in [0.2, 0.25) is 0 Å².